The van der Waals surface area contributed by atoms with Crippen LogP contribution >= 0.6 is 11.3 Å². The predicted molar refractivity (Wildman–Crippen MR) is 127 cm³/mol. The Hall–Kier alpha value is -4.18. The molecule has 9 nitrogen and oxygen atoms in total. The molecule has 0 aliphatic carbocycles. The van der Waals surface area contributed by atoms with Crippen LogP contribution in [0.2, 0.25) is 0 Å². The number of carbonyl (C=O) groups is 3. The van der Waals surface area contributed by atoms with Crippen molar-refractivity contribution in [3.05, 3.63) is 65.0 Å². The molecule has 10 heteroatoms. The number of methoxy groups -OCH3 is 2. The van der Waals surface area contributed by atoms with Crippen LogP contribution < -0.4 is 9.64 Å². The van der Waals surface area contributed by atoms with Crippen molar-refractivity contribution in [3.63, 3.8) is 0 Å². The molecule has 2 aromatic carbocycles. The number of benzene rings is 2. The van der Waals surface area contributed by atoms with Gasteiger partial charge in [-0.25, -0.2) is 9.59 Å². The maximum atomic E-state index is 13.2. The van der Waals surface area contributed by atoms with Crippen LogP contribution in [0.3, 0.4) is 0 Å². The lowest BCUT2D eigenvalue weighted by Gasteiger charge is -2.14. The Morgan fingerprint density at radius 1 is 1.03 bits per heavy atom. The number of aromatic amines is 1. The van der Waals surface area contributed by atoms with Gasteiger partial charge in [-0.2, -0.15) is 5.10 Å². The molecule has 2 aromatic heterocycles. The molecular formula is C24H21N3O6S. The van der Waals surface area contributed by atoms with Crippen LogP contribution in [0.25, 0.3) is 21.3 Å². The summed E-state index contributed by atoms with van der Waals surface area (Å²) in [5, 5.41) is 7.79. The van der Waals surface area contributed by atoms with E-state index in [0.717, 1.165) is 22.6 Å². The zero-order chi connectivity index (χ0) is 24.2. The van der Waals surface area contributed by atoms with Crippen LogP contribution in [0.5, 0.6) is 5.75 Å². The van der Waals surface area contributed by atoms with Crippen molar-refractivity contribution >= 4 is 45.1 Å². The largest absolute Gasteiger partial charge is 0.479 e. The van der Waals surface area contributed by atoms with Gasteiger partial charge in [-0.3, -0.25) is 14.8 Å². The summed E-state index contributed by atoms with van der Waals surface area (Å²) < 4.78 is 15.6. The van der Waals surface area contributed by atoms with Gasteiger partial charge in [0, 0.05) is 28.8 Å². The number of nitrogens with zero attached hydrogens (tertiary/aromatic N) is 2. The normalized spacial score (nSPS) is 10.7. The molecule has 0 aliphatic heterocycles. The summed E-state index contributed by atoms with van der Waals surface area (Å²) in [5.41, 5.74) is 2.15. The maximum absolute atomic E-state index is 13.2. The number of amides is 1. The molecule has 0 unspecified atom stereocenters. The molecule has 2 heterocycles. The fourth-order valence-electron chi connectivity index (χ4n) is 3.31. The van der Waals surface area contributed by atoms with Crippen LogP contribution in [-0.4, -0.2) is 55.9 Å². The molecule has 0 spiro atoms. The second-order valence-corrected chi connectivity index (χ2v) is 8.25. The van der Waals surface area contributed by atoms with Gasteiger partial charge in [0.05, 0.1) is 19.9 Å². The molecule has 0 radical (unpaired) electrons. The van der Waals surface area contributed by atoms with Crippen LogP contribution in [0.4, 0.5) is 5.82 Å². The zero-order valence-corrected chi connectivity index (χ0v) is 19.5. The van der Waals surface area contributed by atoms with Gasteiger partial charge in [0.25, 0.3) is 5.91 Å². The van der Waals surface area contributed by atoms with Gasteiger partial charge in [0.1, 0.15) is 0 Å². The third-order valence-electron chi connectivity index (χ3n) is 5.12. The monoisotopic (exact) mass is 479 g/mol. The van der Waals surface area contributed by atoms with E-state index in [9.17, 15) is 14.4 Å². The molecule has 34 heavy (non-hydrogen) atoms. The first-order valence-corrected chi connectivity index (χ1v) is 11.0. The molecule has 174 valence electrons. The molecular weight excluding hydrogens is 458 g/mol. The van der Waals surface area contributed by atoms with E-state index in [1.54, 1.807) is 31.3 Å². The summed E-state index contributed by atoms with van der Waals surface area (Å²) in [5.74, 6) is -0.788. The average Bonchev–Trinajstić information content (AvgIpc) is 3.51. The standard InChI is InChI=1S/C24H21N3O6S/c1-27(19-12-17(25-26-19)14-7-5-4-6-8-14)23(29)15-9-10-16-18(11-15)34-22(24(30)32-3)21(16)33-13-20(28)31-2/h4-12H,13H2,1-3H3,(H,25,26). The first-order valence-electron chi connectivity index (χ1n) is 10.2. The molecule has 4 aromatic rings. The van der Waals surface area contributed by atoms with E-state index in [1.807, 2.05) is 30.3 Å². The van der Waals surface area contributed by atoms with Gasteiger partial charge in [-0.1, -0.05) is 30.3 Å². The Kier molecular flexibility index (Phi) is 6.60. The summed E-state index contributed by atoms with van der Waals surface area (Å²) in [6, 6.07) is 16.4. The molecule has 0 fully saturated rings. The van der Waals surface area contributed by atoms with Gasteiger partial charge >= 0.3 is 11.9 Å². The average molecular weight is 480 g/mol. The minimum atomic E-state index is -0.601. The number of ether oxygens (including phenoxy) is 3. The number of aromatic nitrogens is 2. The van der Waals surface area contributed by atoms with Gasteiger partial charge in [0.2, 0.25) is 0 Å². The van der Waals surface area contributed by atoms with Crippen LogP contribution in [0, 0.1) is 0 Å². The van der Waals surface area contributed by atoms with Crippen molar-refractivity contribution in [2.24, 2.45) is 0 Å². The van der Waals surface area contributed by atoms with E-state index in [0.29, 0.717) is 21.5 Å². The van der Waals surface area contributed by atoms with Crippen molar-refractivity contribution in [1.29, 1.82) is 0 Å². The molecule has 0 atom stereocenters. The van der Waals surface area contributed by atoms with Gasteiger partial charge < -0.3 is 14.2 Å². The van der Waals surface area contributed by atoms with Gasteiger partial charge in [0.15, 0.2) is 23.1 Å². The van der Waals surface area contributed by atoms with E-state index >= 15 is 0 Å². The Balaban J connectivity index is 1.63. The molecule has 0 saturated heterocycles. The Bertz CT molecular complexity index is 1360. The third-order valence-corrected chi connectivity index (χ3v) is 6.24. The molecule has 1 N–H and O–H groups in total. The highest BCUT2D eigenvalue weighted by molar-refractivity contribution is 7.21. The number of hydrogen-bond donors (Lipinski definition) is 1. The fourth-order valence-corrected chi connectivity index (χ4v) is 4.42. The minimum absolute atomic E-state index is 0.194. The summed E-state index contributed by atoms with van der Waals surface area (Å²) >= 11 is 1.11. The predicted octanol–water partition coefficient (Wildman–Crippen LogP) is 3.91. The third kappa shape index (κ3) is 4.48. The molecule has 0 bridgehead atoms. The SMILES string of the molecule is COC(=O)COc1c(C(=O)OC)sc2cc(C(=O)N(C)c3cc(-c4ccccc4)[nH]n3)ccc12. The number of fused-ring (bicyclic) bond motifs is 1. The Morgan fingerprint density at radius 2 is 1.79 bits per heavy atom. The van der Waals surface area contributed by atoms with Crippen molar-refractivity contribution in [3.8, 4) is 17.0 Å². The summed E-state index contributed by atoms with van der Waals surface area (Å²) in [6.45, 7) is -0.362. The van der Waals surface area contributed by atoms with Gasteiger partial charge in [-0.15, -0.1) is 11.3 Å². The summed E-state index contributed by atoms with van der Waals surface area (Å²) in [7, 11) is 4.14. The highest BCUT2D eigenvalue weighted by Gasteiger charge is 2.24. The first-order chi connectivity index (χ1) is 16.4. The minimum Gasteiger partial charge on any atom is -0.479 e. The fraction of sp³-hybridized carbons (Fsp3) is 0.167. The lowest BCUT2D eigenvalue weighted by Crippen LogP contribution is -2.26. The second kappa shape index (κ2) is 9.75. The Morgan fingerprint density at radius 3 is 2.50 bits per heavy atom. The van der Waals surface area contributed by atoms with Crippen LogP contribution in [0.1, 0.15) is 20.0 Å². The number of H-pyrrole nitrogens is 1. The van der Waals surface area contributed by atoms with Crippen molar-refractivity contribution in [2.75, 3.05) is 32.8 Å². The van der Waals surface area contributed by atoms with E-state index in [1.165, 1.54) is 19.1 Å². The van der Waals surface area contributed by atoms with E-state index in [4.69, 9.17) is 9.47 Å². The van der Waals surface area contributed by atoms with E-state index < -0.39 is 11.9 Å². The zero-order valence-electron chi connectivity index (χ0n) is 18.7. The smallest absolute Gasteiger partial charge is 0.351 e. The summed E-state index contributed by atoms with van der Waals surface area (Å²) in [4.78, 5) is 38.6. The lowest BCUT2D eigenvalue weighted by molar-refractivity contribution is -0.142. The number of anilines is 1. The highest BCUT2D eigenvalue weighted by atomic mass is 32.1. The van der Waals surface area contributed by atoms with Crippen molar-refractivity contribution < 1.29 is 28.6 Å². The van der Waals surface area contributed by atoms with Crippen molar-refractivity contribution in [1.82, 2.24) is 10.2 Å². The second-order valence-electron chi connectivity index (χ2n) is 7.20. The number of nitrogens with one attached hydrogen (secondary N) is 1. The van der Waals surface area contributed by atoms with Crippen LogP contribution in [-0.2, 0) is 14.3 Å². The van der Waals surface area contributed by atoms with E-state index in [2.05, 4.69) is 14.9 Å². The Labute approximate surface area is 198 Å². The first kappa shape index (κ1) is 23.0. The number of rotatable bonds is 7. The molecule has 0 saturated carbocycles. The van der Waals surface area contributed by atoms with Gasteiger partial charge in [-0.05, 0) is 23.8 Å². The number of thiophene rings is 1. The highest BCUT2D eigenvalue weighted by Crippen LogP contribution is 2.39. The quantitative estimate of drug-likeness (QED) is 0.400. The van der Waals surface area contributed by atoms with E-state index in [-0.39, 0.29) is 23.1 Å². The number of esters is 2. The topological polar surface area (TPSA) is 111 Å². The summed E-state index contributed by atoms with van der Waals surface area (Å²) in [6.07, 6.45) is 0. The molecule has 4 rings (SSSR count). The molecule has 1 amide bonds. The lowest BCUT2D eigenvalue weighted by atomic mass is 10.1. The van der Waals surface area contributed by atoms with Crippen molar-refractivity contribution in [2.45, 2.75) is 0 Å². The van der Waals surface area contributed by atoms with Crippen LogP contribution in [0.15, 0.2) is 54.6 Å². The number of carbonyl (C=O) groups excluding carboxylic acids is 3. The molecule has 0 aliphatic rings. The number of hydrogen-bond acceptors (Lipinski definition) is 8. The maximum Gasteiger partial charge on any atom is 0.351 e.